The van der Waals surface area contributed by atoms with Gasteiger partial charge < -0.3 is 10.4 Å². The minimum atomic E-state index is -0.622. The molecule has 4 heteroatoms. The van der Waals surface area contributed by atoms with Gasteiger partial charge in [-0.3, -0.25) is 0 Å². The van der Waals surface area contributed by atoms with Crippen LogP contribution in [-0.2, 0) is 0 Å². The van der Waals surface area contributed by atoms with Crippen molar-refractivity contribution in [1.29, 1.82) is 0 Å². The van der Waals surface area contributed by atoms with Gasteiger partial charge in [0.25, 0.3) is 0 Å². The van der Waals surface area contributed by atoms with Crippen molar-refractivity contribution < 1.29 is 10.4 Å². The van der Waals surface area contributed by atoms with Gasteiger partial charge >= 0.3 is 0 Å². The molecule has 0 amide bonds. The maximum Gasteiger partial charge on any atom is 0.0817 e. The van der Waals surface area contributed by atoms with Crippen molar-refractivity contribution >= 4 is 5.71 Å². The fourth-order valence-corrected chi connectivity index (χ4v) is 0.934. The summed E-state index contributed by atoms with van der Waals surface area (Å²) in [4.78, 5) is 0. The molecule has 0 radical (unpaired) electrons. The van der Waals surface area contributed by atoms with E-state index in [1.807, 2.05) is 13.8 Å². The smallest absolute Gasteiger partial charge is 0.0817 e. The van der Waals surface area contributed by atoms with E-state index in [-0.39, 0.29) is 6.04 Å². The van der Waals surface area contributed by atoms with E-state index >= 15 is 0 Å². The van der Waals surface area contributed by atoms with Gasteiger partial charge in [-0.15, -0.1) is 0 Å². The second-order valence-corrected chi connectivity index (χ2v) is 3.68. The van der Waals surface area contributed by atoms with Gasteiger partial charge in [-0.25, -0.2) is 0 Å². The third-order valence-electron chi connectivity index (χ3n) is 2.10. The number of oxime groups is 1. The topological polar surface area (TPSA) is 56.1 Å². The van der Waals surface area contributed by atoms with Crippen molar-refractivity contribution in [2.45, 2.75) is 46.2 Å². The Hall–Kier alpha value is -0.610. The predicted molar refractivity (Wildman–Crippen MR) is 47.7 cm³/mol. The highest BCUT2D eigenvalue weighted by Gasteiger charge is 2.31. The largest absolute Gasteiger partial charge is 0.411 e. The molecule has 0 spiro atoms. The lowest BCUT2D eigenvalue weighted by Crippen LogP contribution is -2.50. The Morgan fingerprint density at radius 2 is 1.83 bits per heavy atom. The fraction of sp³-hybridized carbons (Fsp3) is 0.875. The SMILES string of the molecule is C/C(=N\O)C(C)(C)N(O)C(C)C. The second-order valence-electron chi connectivity index (χ2n) is 3.68. The zero-order chi connectivity index (χ0) is 9.94. The van der Waals surface area contributed by atoms with Gasteiger partial charge in [0.1, 0.15) is 0 Å². The van der Waals surface area contributed by atoms with E-state index in [0.717, 1.165) is 0 Å². The lowest BCUT2D eigenvalue weighted by Gasteiger charge is -2.35. The highest BCUT2D eigenvalue weighted by Crippen LogP contribution is 2.16. The first-order valence-electron chi connectivity index (χ1n) is 4.01. The molecular formula is C8H18N2O2. The molecule has 4 nitrogen and oxygen atoms in total. The van der Waals surface area contributed by atoms with Crippen molar-refractivity contribution in [3.63, 3.8) is 0 Å². The Labute approximate surface area is 73.4 Å². The van der Waals surface area contributed by atoms with Crippen LogP contribution in [0.4, 0.5) is 0 Å². The van der Waals surface area contributed by atoms with E-state index < -0.39 is 5.54 Å². The summed E-state index contributed by atoms with van der Waals surface area (Å²) in [7, 11) is 0. The molecule has 0 saturated heterocycles. The zero-order valence-corrected chi connectivity index (χ0v) is 8.37. The molecule has 72 valence electrons. The Kier molecular flexibility index (Phi) is 3.67. The first-order valence-corrected chi connectivity index (χ1v) is 4.01. The Morgan fingerprint density at radius 1 is 1.42 bits per heavy atom. The van der Waals surface area contributed by atoms with E-state index in [1.54, 1.807) is 20.8 Å². The van der Waals surface area contributed by atoms with Gasteiger partial charge in [0, 0.05) is 6.04 Å². The van der Waals surface area contributed by atoms with Crippen molar-refractivity contribution in [1.82, 2.24) is 5.06 Å². The number of hydrogen-bond acceptors (Lipinski definition) is 4. The molecule has 0 saturated carbocycles. The molecule has 0 aliphatic rings. The van der Waals surface area contributed by atoms with Crippen molar-refractivity contribution in [2.75, 3.05) is 0 Å². The van der Waals surface area contributed by atoms with E-state index in [0.29, 0.717) is 5.71 Å². The molecule has 12 heavy (non-hydrogen) atoms. The summed E-state index contributed by atoms with van der Waals surface area (Å²) >= 11 is 0. The van der Waals surface area contributed by atoms with Gasteiger partial charge in [0.05, 0.1) is 11.3 Å². The molecule has 0 unspecified atom stereocenters. The second kappa shape index (κ2) is 3.87. The van der Waals surface area contributed by atoms with Gasteiger partial charge in [-0.1, -0.05) is 5.16 Å². The Bertz CT molecular complexity index is 176. The van der Waals surface area contributed by atoms with Crippen LogP contribution in [-0.4, -0.2) is 32.8 Å². The number of rotatable bonds is 3. The Balaban J connectivity index is 4.60. The average molecular weight is 174 g/mol. The summed E-state index contributed by atoms with van der Waals surface area (Å²) in [6, 6.07) is -0.00306. The lowest BCUT2D eigenvalue weighted by molar-refractivity contribution is -0.162. The van der Waals surface area contributed by atoms with E-state index in [4.69, 9.17) is 5.21 Å². The standard InChI is InChI=1S/C8H18N2O2/c1-6(2)10(12)8(4,5)7(3)9-11/h6,11-12H,1-5H3/b9-7+. The molecule has 0 aromatic rings. The van der Waals surface area contributed by atoms with Crippen LogP contribution in [0.25, 0.3) is 0 Å². The van der Waals surface area contributed by atoms with Gasteiger partial charge in [-0.05, 0) is 34.6 Å². The maximum atomic E-state index is 9.60. The molecule has 2 N–H and O–H groups in total. The van der Waals surface area contributed by atoms with E-state index in [1.165, 1.54) is 5.06 Å². The average Bonchev–Trinajstić information content (AvgIpc) is 2.01. The highest BCUT2D eigenvalue weighted by molar-refractivity contribution is 5.89. The van der Waals surface area contributed by atoms with Crippen LogP contribution in [0.15, 0.2) is 5.16 Å². The summed E-state index contributed by atoms with van der Waals surface area (Å²) in [6.07, 6.45) is 0. The summed E-state index contributed by atoms with van der Waals surface area (Å²) < 4.78 is 0. The first kappa shape index (κ1) is 11.4. The maximum absolute atomic E-state index is 9.60. The normalized spacial score (nSPS) is 14.5. The van der Waals surface area contributed by atoms with Crippen LogP contribution < -0.4 is 0 Å². The minimum absolute atomic E-state index is 0.00306. The molecule has 0 aliphatic heterocycles. The monoisotopic (exact) mass is 174 g/mol. The number of nitrogens with zero attached hydrogens (tertiary/aromatic N) is 2. The Morgan fingerprint density at radius 3 is 2.08 bits per heavy atom. The van der Waals surface area contributed by atoms with Gasteiger partial charge in [0.2, 0.25) is 0 Å². The van der Waals surface area contributed by atoms with Crippen LogP contribution in [0.3, 0.4) is 0 Å². The van der Waals surface area contributed by atoms with Crippen LogP contribution in [0, 0.1) is 0 Å². The van der Waals surface area contributed by atoms with Crippen molar-refractivity contribution in [2.24, 2.45) is 5.16 Å². The summed E-state index contributed by atoms with van der Waals surface area (Å²) in [5, 5.41) is 22.4. The summed E-state index contributed by atoms with van der Waals surface area (Å²) in [5.74, 6) is 0. The summed E-state index contributed by atoms with van der Waals surface area (Å²) in [5.41, 5.74) is -0.137. The van der Waals surface area contributed by atoms with Crippen molar-refractivity contribution in [3.8, 4) is 0 Å². The fourth-order valence-electron chi connectivity index (χ4n) is 0.934. The number of hydroxylamine groups is 2. The predicted octanol–water partition coefficient (Wildman–Crippen LogP) is 1.71. The molecule has 0 bridgehead atoms. The molecule has 0 atom stereocenters. The molecule has 0 aromatic carbocycles. The molecule has 0 aliphatic carbocycles. The van der Waals surface area contributed by atoms with Gasteiger partial charge in [0.15, 0.2) is 0 Å². The molecule has 0 rings (SSSR count). The van der Waals surface area contributed by atoms with E-state index in [2.05, 4.69) is 5.16 Å². The van der Waals surface area contributed by atoms with Crippen LogP contribution in [0.2, 0.25) is 0 Å². The highest BCUT2D eigenvalue weighted by atomic mass is 16.5. The van der Waals surface area contributed by atoms with Crippen LogP contribution >= 0.6 is 0 Å². The van der Waals surface area contributed by atoms with Crippen LogP contribution in [0.5, 0.6) is 0 Å². The number of hydrogen-bond donors (Lipinski definition) is 2. The van der Waals surface area contributed by atoms with Crippen LogP contribution in [0.1, 0.15) is 34.6 Å². The zero-order valence-electron chi connectivity index (χ0n) is 8.37. The van der Waals surface area contributed by atoms with E-state index in [9.17, 15) is 5.21 Å². The third-order valence-corrected chi connectivity index (χ3v) is 2.10. The first-order chi connectivity index (χ1) is 5.34. The molecular weight excluding hydrogens is 156 g/mol. The third kappa shape index (κ3) is 2.19. The summed E-state index contributed by atoms with van der Waals surface area (Å²) in [6.45, 7) is 8.99. The lowest BCUT2D eigenvalue weighted by atomic mass is 9.98. The molecule has 0 aromatic heterocycles. The van der Waals surface area contributed by atoms with Gasteiger partial charge in [-0.2, -0.15) is 5.06 Å². The van der Waals surface area contributed by atoms with Crippen molar-refractivity contribution in [3.05, 3.63) is 0 Å². The quantitative estimate of drug-likeness (QED) is 0.389. The minimum Gasteiger partial charge on any atom is -0.411 e. The molecule has 0 fully saturated rings. The molecule has 0 heterocycles.